The van der Waals surface area contributed by atoms with E-state index < -0.39 is 0 Å². The third-order valence-electron chi connectivity index (χ3n) is 6.24. The number of thioether (sulfide) groups is 1. The number of aromatic nitrogens is 3. The van der Waals surface area contributed by atoms with Crippen molar-refractivity contribution < 1.29 is 4.79 Å². The number of carbonyl (C=O) groups is 1. The van der Waals surface area contributed by atoms with Crippen molar-refractivity contribution in [2.75, 3.05) is 26.2 Å². The van der Waals surface area contributed by atoms with E-state index in [1.165, 1.54) is 12.8 Å². The Kier molecular flexibility index (Phi) is 7.66. The molecule has 6 nitrogen and oxygen atoms in total. The molecule has 0 aliphatic carbocycles. The van der Waals surface area contributed by atoms with E-state index in [9.17, 15) is 4.79 Å². The van der Waals surface area contributed by atoms with Gasteiger partial charge in [-0.05, 0) is 67.4 Å². The zero-order valence-electron chi connectivity index (χ0n) is 19.5. The van der Waals surface area contributed by atoms with Gasteiger partial charge in [0.2, 0.25) is 0 Å². The van der Waals surface area contributed by atoms with Crippen LogP contribution < -0.4 is 5.32 Å². The number of hydrogen-bond acceptors (Lipinski definition) is 5. The molecule has 1 saturated heterocycles. The van der Waals surface area contributed by atoms with Gasteiger partial charge in [-0.25, -0.2) is 4.98 Å². The van der Waals surface area contributed by atoms with Crippen LogP contribution in [-0.4, -0.2) is 51.5 Å². The van der Waals surface area contributed by atoms with Crippen molar-refractivity contribution >= 4 is 40.3 Å². The average Bonchev–Trinajstić information content (AvgIpc) is 3.51. The Hall–Kier alpha value is -2.87. The first kappa shape index (κ1) is 23.9. The maximum atomic E-state index is 12.6. The van der Waals surface area contributed by atoms with Crippen LogP contribution in [0.5, 0.6) is 0 Å². The van der Waals surface area contributed by atoms with Gasteiger partial charge in [0.1, 0.15) is 0 Å². The van der Waals surface area contributed by atoms with E-state index in [0.717, 1.165) is 57.7 Å². The molecule has 35 heavy (non-hydrogen) atoms. The number of imidazole rings is 1. The van der Waals surface area contributed by atoms with Gasteiger partial charge in [-0.2, -0.15) is 0 Å². The van der Waals surface area contributed by atoms with E-state index in [2.05, 4.69) is 25.8 Å². The second-order valence-corrected chi connectivity index (χ2v) is 10.1. The number of amides is 1. The normalized spacial score (nSPS) is 14.0. The number of halogens is 1. The summed E-state index contributed by atoms with van der Waals surface area (Å²) in [6, 6.07) is 17.7. The first-order chi connectivity index (χ1) is 17.2. The van der Waals surface area contributed by atoms with Crippen LogP contribution in [0.3, 0.4) is 0 Å². The third kappa shape index (κ3) is 6.04. The van der Waals surface area contributed by atoms with E-state index in [1.807, 2.05) is 54.7 Å². The van der Waals surface area contributed by atoms with Gasteiger partial charge in [0.15, 0.2) is 5.16 Å². The third-order valence-corrected chi connectivity index (χ3v) is 7.52. The summed E-state index contributed by atoms with van der Waals surface area (Å²) in [6.07, 6.45) is 6.15. The molecule has 0 bridgehead atoms. The van der Waals surface area contributed by atoms with Crippen LogP contribution in [0.4, 0.5) is 0 Å². The Balaban J connectivity index is 1.26. The lowest BCUT2D eigenvalue weighted by molar-refractivity contribution is 0.0949. The Labute approximate surface area is 214 Å². The molecule has 3 heterocycles. The number of benzene rings is 2. The predicted molar refractivity (Wildman–Crippen MR) is 142 cm³/mol. The molecular formula is C27H28ClN5OS. The zero-order valence-corrected chi connectivity index (χ0v) is 21.1. The minimum atomic E-state index is -0.0224. The number of nitrogens with zero attached hydrogens (tertiary/aromatic N) is 4. The molecule has 1 aliphatic rings. The first-order valence-corrected chi connectivity index (χ1v) is 13.3. The van der Waals surface area contributed by atoms with Crippen LogP contribution in [0.25, 0.3) is 11.0 Å². The molecule has 2 aromatic carbocycles. The number of pyridine rings is 1. The largest absolute Gasteiger partial charge is 0.351 e. The van der Waals surface area contributed by atoms with Crippen LogP contribution in [-0.2, 0) is 12.3 Å². The molecule has 0 spiro atoms. The second-order valence-electron chi connectivity index (χ2n) is 8.77. The van der Waals surface area contributed by atoms with Gasteiger partial charge in [-0.1, -0.05) is 47.6 Å². The number of fused-ring (bicyclic) bond motifs is 1. The maximum absolute atomic E-state index is 12.6. The molecule has 2 aromatic heterocycles. The van der Waals surface area contributed by atoms with Crippen molar-refractivity contribution in [1.82, 2.24) is 24.8 Å². The molecule has 4 aromatic rings. The lowest BCUT2D eigenvalue weighted by atomic mass is 10.1. The van der Waals surface area contributed by atoms with Gasteiger partial charge in [0, 0.05) is 35.6 Å². The fourth-order valence-corrected chi connectivity index (χ4v) is 5.54. The Morgan fingerprint density at radius 3 is 2.69 bits per heavy atom. The molecule has 1 amide bonds. The summed E-state index contributed by atoms with van der Waals surface area (Å²) < 4.78 is 2.18. The van der Waals surface area contributed by atoms with E-state index in [-0.39, 0.29) is 5.91 Å². The van der Waals surface area contributed by atoms with Crippen LogP contribution in [0, 0.1) is 0 Å². The molecule has 0 saturated carbocycles. The molecular weight excluding hydrogens is 478 g/mol. The fourth-order valence-electron chi connectivity index (χ4n) is 4.37. The zero-order chi connectivity index (χ0) is 24.0. The lowest BCUT2D eigenvalue weighted by Gasteiger charge is -2.14. The molecule has 180 valence electrons. The summed E-state index contributed by atoms with van der Waals surface area (Å²) in [6.45, 7) is 4.53. The maximum Gasteiger partial charge on any atom is 0.251 e. The molecule has 0 radical (unpaired) electrons. The van der Waals surface area contributed by atoms with E-state index in [1.54, 1.807) is 18.0 Å². The summed E-state index contributed by atoms with van der Waals surface area (Å²) in [5, 5.41) is 4.71. The molecule has 1 aliphatic heterocycles. The van der Waals surface area contributed by atoms with Crippen LogP contribution in [0.15, 0.2) is 72.1 Å². The highest BCUT2D eigenvalue weighted by Gasteiger charge is 2.14. The number of carbonyl (C=O) groups excluding carboxylic acids is 1. The van der Waals surface area contributed by atoms with Gasteiger partial charge < -0.3 is 14.8 Å². The SMILES string of the molecule is O=C(NCCN1CCCC1)c1ccc(Cn2c(SCc3cccc(Cl)c3)nc3ccncc32)cc1. The second kappa shape index (κ2) is 11.2. The van der Waals surface area contributed by atoms with Crippen LogP contribution >= 0.6 is 23.4 Å². The van der Waals surface area contributed by atoms with Gasteiger partial charge >= 0.3 is 0 Å². The molecule has 5 rings (SSSR count). The van der Waals surface area contributed by atoms with Crippen LogP contribution in [0.1, 0.15) is 34.3 Å². The van der Waals surface area contributed by atoms with E-state index in [4.69, 9.17) is 16.6 Å². The first-order valence-electron chi connectivity index (χ1n) is 11.9. The number of likely N-dealkylation sites (tertiary alicyclic amines) is 1. The van der Waals surface area contributed by atoms with Crippen molar-refractivity contribution in [2.24, 2.45) is 0 Å². The van der Waals surface area contributed by atoms with Gasteiger partial charge in [0.25, 0.3) is 5.91 Å². The number of nitrogens with one attached hydrogen (secondary N) is 1. The van der Waals surface area contributed by atoms with Crippen molar-refractivity contribution in [3.63, 3.8) is 0 Å². The highest BCUT2D eigenvalue weighted by atomic mass is 35.5. The van der Waals surface area contributed by atoms with E-state index in [0.29, 0.717) is 18.7 Å². The Bertz CT molecular complexity index is 1300. The van der Waals surface area contributed by atoms with Crippen molar-refractivity contribution in [3.8, 4) is 0 Å². The Morgan fingerprint density at radius 2 is 1.89 bits per heavy atom. The van der Waals surface area contributed by atoms with Crippen LogP contribution in [0.2, 0.25) is 5.02 Å². The minimum absolute atomic E-state index is 0.0224. The smallest absolute Gasteiger partial charge is 0.251 e. The van der Waals surface area contributed by atoms with Gasteiger partial charge in [-0.3, -0.25) is 9.78 Å². The minimum Gasteiger partial charge on any atom is -0.351 e. The molecule has 0 atom stereocenters. The molecule has 1 fully saturated rings. The van der Waals surface area contributed by atoms with Crippen molar-refractivity contribution in [1.29, 1.82) is 0 Å². The average molecular weight is 506 g/mol. The van der Waals surface area contributed by atoms with Gasteiger partial charge in [0.05, 0.1) is 23.8 Å². The number of hydrogen-bond donors (Lipinski definition) is 1. The predicted octanol–water partition coefficient (Wildman–Crippen LogP) is 5.25. The summed E-state index contributed by atoms with van der Waals surface area (Å²) >= 11 is 7.83. The standard InChI is InChI=1S/C27H28ClN5OS/c28-23-5-3-4-21(16-23)19-35-27-31-24-10-11-29-17-25(24)33(27)18-20-6-8-22(9-7-20)26(34)30-12-15-32-13-1-2-14-32/h3-11,16-17H,1-2,12-15,18-19H2,(H,30,34). The summed E-state index contributed by atoms with van der Waals surface area (Å²) in [7, 11) is 0. The monoisotopic (exact) mass is 505 g/mol. The molecule has 8 heteroatoms. The van der Waals surface area contributed by atoms with Crippen molar-refractivity contribution in [2.45, 2.75) is 30.3 Å². The summed E-state index contributed by atoms with van der Waals surface area (Å²) in [4.78, 5) is 24.1. The van der Waals surface area contributed by atoms with Gasteiger partial charge in [-0.15, -0.1) is 0 Å². The molecule has 0 unspecified atom stereocenters. The molecule has 1 N–H and O–H groups in total. The summed E-state index contributed by atoms with van der Waals surface area (Å²) in [5.74, 6) is 0.749. The highest BCUT2D eigenvalue weighted by molar-refractivity contribution is 7.98. The lowest BCUT2D eigenvalue weighted by Crippen LogP contribution is -2.33. The topological polar surface area (TPSA) is 63.1 Å². The highest BCUT2D eigenvalue weighted by Crippen LogP contribution is 2.28. The van der Waals surface area contributed by atoms with E-state index >= 15 is 0 Å². The van der Waals surface area contributed by atoms with Crippen molar-refractivity contribution in [3.05, 3.63) is 88.7 Å². The fraction of sp³-hybridized carbons (Fsp3) is 0.296. The summed E-state index contributed by atoms with van der Waals surface area (Å²) in [5.41, 5.74) is 4.85. The quantitative estimate of drug-likeness (QED) is 0.315. The number of rotatable bonds is 9. The Morgan fingerprint density at radius 1 is 1.06 bits per heavy atom.